The lowest BCUT2D eigenvalue weighted by Crippen LogP contribution is -2.38. The second kappa shape index (κ2) is 5.67. The topological polar surface area (TPSA) is 47.1 Å². The van der Waals surface area contributed by atoms with Crippen molar-refractivity contribution in [2.24, 2.45) is 5.73 Å². The lowest BCUT2D eigenvalue weighted by atomic mass is 10.2. The molecule has 0 aliphatic carbocycles. The van der Waals surface area contributed by atoms with E-state index in [0.29, 0.717) is 4.99 Å². The Morgan fingerprint density at radius 3 is 2.79 bits per heavy atom. The van der Waals surface area contributed by atoms with E-state index in [0.717, 1.165) is 18.8 Å². The molecule has 0 saturated carbocycles. The quantitative estimate of drug-likeness (QED) is 0.850. The highest BCUT2D eigenvalue weighted by Crippen LogP contribution is 2.20. The fraction of sp³-hybridized carbons (Fsp3) is 0.429. The zero-order valence-corrected chi connectivity index (χ0v) is 12.4. The summed E-state index contributed by atoms with van der Waals surface area (Å²) in [5, 5.41) is 5.88. The van der Waals surface area contributed by atoms with Crippen molar-refractivity contribution in [1.82, 2.24) is 14.7 Å². The number of aromatic nitrogens is 2. The number of aryl methyl sites for hydroxylation is 1. The average molecular weight is 276 g/mol. The molecule has 1 heterocycles. The number of nitrogens with two attached hydrogens (primary N) is 1. The summed E-state index contributed by atoms with van der Waals surface area (Å²) in [5.41, 5.74) is 7.95. The van der Waals surface area contributed by atoms with Crippen LogP contribution in [0.5, 0.6) is 0 Å². The van der Waals surface area contributed by atoms with Crippen molar-refractivity contribution in [3.05, 3.63) is 30.0 Å². The highest BCUT2D eigenvalue weighted by Gasteiger charge is 2.16. The third-order valence-electron chi connectivity index (χ3n) is 3.51. The minimum atomic E-state index is 0.0699. The van der Waals surface area contributed by atoms with Gasteiger partial charge >= 0.3 is 0 Å². The van der Waals surface area contributed by atoms with Gasteiger partial charge in [-0.25, -0.2) is 0 Å². The van der Waals surface area contributed by atoms with E-state index in [2.05, 4.69) is 29.1 Å². The molecule has 0 spiro atoms. The summed E-state index contributed by atoms with van der Waals surface area (Å²) >= 11 is 5.05. The zero-order valence-electron chi connectivity index (χ0n) is 11.6. The number of nitrogens with zero attached hydrogens (tertiary/aromatic N) is 3. The van der Waals surface area contributed by atoms with Crippen LogP contribution in [0.25, 0.3) is 10.9 Å². The summed E-state index contributed by atoms with van der Waals surface area (Å²) in [4.78, 5) is 2.64. The van der Waals surface area contributed by atoms with Crippen LogP contribution >= 0.6 is 12.2 Å². The van der Waals surface area contributed by atoms with E-state index in [1.165, 1.54) is 10.9 Å². The molecule has 0 radical (unpaired) electrons. The molecule has 0 amide bonds. The Hall–Kier alpha value is -1.46. The first-order valence-corrected chi connectivity index (χ1v) is 6.89. The normalized spacial score (nSPS) is 13.1. The van der Waals surface area contributed by atoms with Gasteiger partial charge < -0.3 is 5.73 Å². The molecule has 0 aliphatic rings. The lowest BCUT2D eigenvalue weighted by Gasteiger charge is -2.22. The van der Waals surface area contributed by atoms with Crippen LogP contribution in [0.3, 0.4) is 0 Å². The van der Waals surface area contributed by atoms with Gasteiger partial charge in [0.15, 0.2) is 0 Å². The van der Waals surface area contributed by atoms with E-state index in [1.807, 2.05) is 30.8 Å². The Labute approximate surface area is 119 Å². The number of hydrogen-bond acceptors (Lipinski definition) is 3. The van der Waals surface area contributed by atoms with Crippen LogP contribution in [-0.4, -0.2) is 32.8 Å². The fourth-order valence-corrected chi connectivity index (χ4v) is 2.32. The van der Waals surface area contributed by atoms with E-state index in [9.17, 15) is 0 Å². The minimum Gasteiger partial charge on any atom is -0.392 e. The van der Waals surface area contributed by atoms with Gasteiger partial charge in [-0.1, -0.05) is 30.4 Å². The molecule has 2 N–H and O–H groups in total. The van der Waals surface area contributed by atoms with Gasteiger partial charge in [-0.15, -0.1) is 0 Å². The summed E-state index contributed by atoms with van der Waals surface area (Å²) in [6.07, 6.45) is 0. The maximum atomic E-state index is 5.70. The summed E-state index contributed by atoms with van der Waals surface area (Å²) < 4.78 is 2.03. The second-order valence-electron chi connectivity index (χ2n) is 4.77. The van der Waals surface area contributed by atoms with E-state index in [1.54, 1.807) is 0 Å². The molecule has 19 heavy (non-hydrogen) atoms. The Morgan fingerprint density at radius 1 is 1.47 bits per heavy atom. The van der Waals surface area contributed by atoms with Crippen LogP contribution in [0, 0.1) is 0 Å². The fourth-order valence-electron chi connectivity index (χ4n) is 2.14. The van der Waals surface area contributed by atoms with Crippen molar-refractivity contribution in [3.8, 4) is 0 Å². The number of thiocarbonyl (C=S) groups is 1. The van der Waals surface area contributed by atoms with Crippen LogP contribution in [0.2, 0.25) is 0 Å². The van der Waals surface area contributed by atoms with E-state index in [-0.39, 0.29) is 6.04 Å². The largest absolute Gasteiger partial charge is 0.392 e. The first-order chi connectivity index (χ1) is 9.04. The van der Waals surface area contributed by atoms with Crippen LogP contribution in [-0.2, 0) is 13.1 Å². The molecule has 2 aromatic rings. The molecular formula is C14H20N4S. The van der Waals surface area contributed by atoms with Crippen molar-refractivity contribution >= 4 is 28.1 Å². The maximum absolute atomic E-state index is 5.70. The number of benzene rings is 1. The molecule has 1 unspecified atom stereocenters. The molecule has 2 rings (SSSR count). The molecule has 0 aliphatic heterocycles. The Morgan fingerprint density at radius 2 is 2.16 bits per heavy atom. The standard InChI is InChI=1S/C14H20N4S/c1-4-18-13-8-6-5-7-11(13)12(16-18)9-17(3)10(2)14(15)19/h5-8,10H,4,9H2,1-3H3,(H2,15,19). The molecule has 102 valence electrons. The molecule has 0 bridgehead atoms. The van der Waals surface area contributed by atoms with E-state index >= 15 is 0 Å². The van der Waals surface area contributed by atoms with E-state index < -0.39 is 0 Å². The predicted molar refractivity (Wildman–Crippen MR) is 83.1 cm³/mol. The van der Waals surface area contributed by atoms with Crippen LogP contribution in [0.1, 0.15) is 19.5 Å². The molecule has 1 atom stereocenters. The van der Waals surface area contributed by atoms with Crippen molar-refractivity contribution < 1.29 is 0 Å². The SMILES string of the molecule is CCn1nc(CN(C)C(C)C(N)=S)c2ccccc21. The van der Waals surface area contributed by atoms with Crippen molar-refractivity contribution in [3.63, 3.8) is 0 Å². The van der Waals surface area contributed by atoms with Crippen LogP contribution in [0.15, 0.2) is 24.3 Å². The molecular weight excluding hydrogens is 256 g/mol. The van der Waals surface area contributed by atoms with Crippen LogP contribution < -0.4 is 5.73 Å². The summed E-state index contributed by atoms with van der Waals surface area (Å²) in [7, 11) is 2.02. The highest BCUT2D eigenvalue weighted by atomic mass is 32.1. The number of fused-ring (bicyclic) bond motifs is 1. The predicted octanol–water partition coefficient (Wildman–Crippen LogP) is 2.16. The number of likely N-dealkylation sites (N-methyl/N-ethyl adjacent to an activating group) is 1. The summed E-state index contributed by atoms with van der Waals surface area (Å²) in [5.74, 6) is 0. The van der Waals surface area contributed by atoms with Gasteiger partial charge in [0.2, 0.25) is 0 Å². The monoisotopic (exact) mass is 276 g/mol. The summed E-state index contributed by atoms with van der Waals surface area (Å²) in [6.45, 7) is 5.73. The van der Waals surface area contributed by atoms with Crippen molar-refractivity contribution in [2.45, 2.75) is 33.0 Å². The first-order valence-electron chi connectivity index (χ1n) is 6.48. The molecule has 4 nitrogen and oxygen atoms in total. The number of hydrogen-bond donors (Lipinski definition) is 1. The third kappa shape index (κ3) is 2.77. The Bertz CT molecular complexity index is 590. The average Bonchev–Trinajstić information content (AvgIpc) is 2.76. The van der Waals surface area contributed by atoms with Gasteiger partial charge in [-0.05, 0) is 27.0 Å². The van der Waals surface area contributed by atoms with Gasteiger partial charge in [0, 0.05) is 18.5 Å². The zero-order chi connectivity index (χ0) is 14.0. The van der Waals surface area contributed by atoms with Gasteiger partial charge in [0.05, 0.1) is 22.2 Å². The minimum absolute atomic E-state index is 0.0699. The Kier molecular flexibility index (Phi) is 4.17. The molecule has 0 fully saturated rings. The molecule has 0 saturated heterocycles. The van der Waals surface area contributed by atoms with Gasteiger partial charge in [0.25, 0.3) is 0 Å². The number of rotatable bonds is 5. The van der Waals surface area contributed by atoms with Gasteiger partial charge in [-0.3, -0.25) is 9.58 Å². The molecule has 5 heteroatoms. The smallest absolute Gasteiger partial charge is 0.0899 e. The van der Waals surface area contributed by atoms with Crippen molar-refractivity contribution in [1.29, 1.82) is 0 Å². The van der Waals surface area contributed by atoms with Gasteiger partial charge in [-0.2, -0.15) is 5.10 Å². The molecule has 1 aromatic heterocycles. The third-order valence-corrected chi connectivity index (χ3v) is 3.85. The lowest BCUT2D eigenvalue weighted by molar-refractivity contribution is 0.300. The Balaban J connectivity index is 2.33. The highest BCUT2D eigenvalue weighted by molar-refractivity contribution is 7.80. The van der Waals surface area contributed by atoms with Crippen LogP contribution in [0.4, 0.5) is 0 Å². The van der Waals surface area contributed by atoms with Crippen molar-refractivity contribution in [2.75, 3.05) is 7.05 Å². The maximum Gasteiger partial charge on any atom is 0.0899 e. The first kappa shape index (κ1) is 14.0. The van der Waals surface area contributed by atoms with E-state index in [4.69, 9.17) is 18.0 Å². The second-order valence-corrected chi connectivity index (χ2v) is 5.24. The summed E-state index contributed by atoms with van der Waals surface area (Å²) in [6, 6.07) is 8.38. The number of para-hydroxylation sites is 1. The van der Waals surface area contributed by atoms with Gasteiger partial charge in [0.1, 0.15) is 0 Å². The molecule has 1 aromatic carbocycles.